The van der Waals surface area contributed by atoms with Crippen molar-refractivity contribution in [3.05, 3.63) is 22.4 Å². The van der Waals surface area contributed by atoms with Crippen molar-refractivity contribution in [3.63, 3.8) is 0 Å². The molecule has 4 heteroatoms. The Bertz CT molecular complexity index is 272. The number of rotatable bonds is 0. The first-order valence-corrected chi connectivity index (χ1v) is 3.81. The lowest BCUT2D eigenvalue weighted by atomic mass is 10.3. The van der Waals surface area contributed by atoms with Gasteiger partial charge >= 0.3 is 0 Å². The summed E-state index contributed by atoms with van der Waals surface area (Å²) in [6.45, 7) is 0.172. The normalized spacial score (nSPS) is 13.6. The topological polar surface area (TPSA) is 18.5 Å². The van der Waals surface area contributed by atoms with E-state index in [0.29, 0.717) is 16.0 Å². The van der Waals surface area contributed by atoms with Gasteiger partial charge in [-0.1, -0.05) is 0 Å². The second-order valence-electron chi connectivity index (χ2n) is 2.12. The minimum atomic E-state index is -0.339. The molecule has 0 saturated carbocycles. The molecule has 0 atom stereocenters. The molecule has 1 heterocycles. The summed E-state index contributed by atoms with van der Waals surface area (Å²) in [7, 11) is 0. The predicted octanol–water partition coefficient (Wildman–Crippen LogP) is 2.32. The third-order valence-electron chi connectivity index (χ3n) is 1.42. The smallest absolute Gasteiger partial charge is 0.231 e. The minimum Gasteiger partial charge on any atom is -0.454 e. The molecule has 0 aliphatic carbocycles. The van der Waals surface area contributed by atoms with Crippen LogP contribution in [0.5, 0.6) is 11.5 Å². The SMILES string of the molecule is Fc1cc2c(cc1Br)OCO2. The van der Waals surface area contributed by atoms with Crippen LogP contribution in [0.2, 0.25) is 0 Å². The Kier molecular flexibility index (Phi) is 1.49. The molecule has 2 rings (SSSR count). The third-order valence-corrected chi connectivity index (χ3v) is 2.02. The van der Waals surface area contributed by atoms with Crippen LogP contribution in [0.3, 0.4) is 0 Å². The molecule has 1 aromatic rings. The highest BCUT2D eigenvalue weighted by Gasteiger charge is 2.15. The fraction of sp³-hybridized carbons (Fsp3) is 0.143. The summed E-state index contributed by atoms with van der Waals surface area (Å²) in [6.07, 6.45) is 0. The number of fused-ring (bicyclic) bond motifs is 1. The maximum absolute atomic E-state index is 12.8. The average molecular weight is 219 g/mol. The maximum Gasteiger partial charge on any atom is 0.231 e. The van der Waals surface area contributed by atoms with Crippen molar-refractivity contribution in [3.8, 4) is 11.5 Å². The summed E-state index contributed by atoms with van der Waals surface area (Å²) >= 11 is 3.04. The summed E-state index contributed by atoms with van der Waals surface area (Å²) in [5.74, 6) is 0.707. The molecule has 1 aromatic carbocycles. The van der Waals surface area contributed by atoms with E-state index in [4.69, 9.17) is 9.47 Å². The highest BCUT2D eigenvalue weighted by Crippen LogP contribution is 2.35. The fourth-order valence-electron chi connectivity index (χ4n) is 0.892. The van der Waals surface area contributed by atoms with Crippen LogP contribution in [-0.4, -0.2) is 6.79 Å². The molecule has 0 radical (unpaired) electrons. The molecule has 58 valence electrons. The van der Waals surface area contributed by atoms with E-state index in [1.54, 1.807) is 6.07 Å². The third kappa shape index (κ3) is 1.07. The minimum absolute atomic E-state index is 0.172. The Labute approximate surface area is 71.1 Å². The summed E-state index contributed by atoms with van der Waals surface area (Å²) in [5.41, 5.74) is 0. The van der Waals surface area contributed by atoms with E-state index in [-0.39, 0.29) is 12.6 Å². The van der Waals surface area contributed by atoms with E-state index in [9.17, 15) is 4.39 Å². The number of ether oxygens (including phenoxy) is 2. The van der Waals surface area contributed by atoms with Crippen molar-refractivity contribution in [1.82, 2.24) is 0 Å². The quantitative estimate of drug-likeness (QED) is 0.666. The van der Waals surface area contributed by atoms with Gasteiger partial charge < -0.3 is 9.47 Å². The predicted molar refractivity (Wildman–Crippen MR) is 40.2 cm³/mol. The molecule has 1 aliphatic rings. The van der Waals surface area contributed by atoms with Crippen LogP contribution in [0.15, 0.2) is 16.6 Å². The largest absolute Gasteiger partial charge is 0.454 e. The molecule has 0 fully saturated rings. The highest BCUT2D eigenvalue weighted by molar-refractivity contribution is 9.10. The van der Waals surface area contributed by atoms with Gasteiger partial charge in [0.2, 0.25) is 6.79 Å². The maximum atomic E-state index is 12.8. The number of hydrogen-bond acceptors (Lipinski definition) is 2. The van der Waals surface area contributed by atoms with Gasteiger partial charge in [0.05, 0.1) is 4.47 Å². The number of benzene rings is 1. The van der Waals surface area contributed by atoms with Crippen LogP contribution < -0.4 is 9.47 Å². The molecule has 0 N–H and O–H groups in total. The Balaban J connectivity index is 2.57. The van der Waals surface area contributed by atoms with Crippen molar-refractivity contribution in [2.24, 2.45) is 0 Å². The van der Waals surface area contributed by atoms with Crippen molar-refractivity contribution < 1.29 is 13.9 Å². The molecule has 1 aliphatic heterocycles. The van der Waals surface area contributed by atoms with E-state index in [1.807, 2.05) is 0 Å². The van der Waals surface area contributed by atoms with Crippen LogP contribution in [0.4, 0.5) is 4.39 Å². The summed E-state index contributed by atoms with van der Waals surface area (Å²) < 4.78 is 23.1. The van der Waals surface area contributed by atoms with Crippen LogP contribution in [-0.2, 0) is 0 Å². The molecule has 0 saturated heterocycles. The number of hydrogen-bond donors (Lipinski definition) is 0. The Morgan fingerprint density at radius 1 is 1.27 bits per heavy atom. The van der Waals surface area contributed by atoms with Crippen LogP contribution >= 0.6 is 15.9 Å². The molecule has 0 unspecified atom stereocenters. The zero-order valence-electron chi connectivity index (χ0n) is 5.43. The molecule has 0 amide bonds. The second kappa shape index (κ2) is 2.37. The summed E-state index contributed by atoms with van der Waals surface area (Å²) in [5, 5.41) is 0. The van der Waals surface area contributed by atoms with Gasteiger partial charge in [0.1, 0.15) is 5.82 Å². The summed E-state index contributed by atoms with van der Waals surface area (Å²) in [6, 6.07) is 2.85. The Morgan fingerprint density at radius 2 is 1.91 bits per heavy atom. The monoisotopic (exact) mass is 218 g/mol. The van der Waals surface area contributed by atoms with Crippen LogP contribution in [0.1, 0.15) is 0 Å². The molecule has 0 spiro atoms. The Hall–Kier alpha value is -0.770. The van der Waals surface area contributed by atoms with Gasteiger partial charge in [-0.15, -0.1) is 0 Å². The van der Waals surface area contributed by atoms with Gasteiger partial charge in [-0.3, -0.25) is 0 Å². The van der Waals surface area contributed by atoms with Gasteiger partial charge in [-0.2, -0.15) is 0 Å². The van der Waals surface area contributed by atoms with Crippen molar-refractivity contribution in [1.29, 1.82) is 0 Å². The molecule has 11 heavy (non-hydrogen) atoms. The van der Waals surface area contributed by atoms with E-state index < -0.39 is 0 Å². The fourth-order valence-corrected chi connectivity index (χ4v) is 1.21. The molecule has 2 nitrogen and oxygen atoms in total. The second-order valence-corrected chi connectivity index (χ2v) is 2.97. The van der Waals surface area contributed by atoms with Gasteiger partial charge in [-0.05, 0) is 15.9 Å². The van der Waals surface area contributed by atoms with Crippen molar-refractivity contribution in [2.75, 3.05) is 6.79 Å². The molecular weight excluding hydrogens is 215 g/mol. The van der Waals surface area contributed by atoms with Gasteiger partial charge in [0.15, 0.2) is 11.5 Å². The standard InChI is InChI=1S/C7H4BrFO2/c8-4-1-6-7(2-5(4)9)11-3-10-6/h1-2H,3H2. The summed E-state index contributed by atoms with van der Waals surface area (Å²) in [4.78, 5) is 0. The first-order chi connectivity index (χ1) is 5.27. The molecular formula is C7H4BrFO2. The zero-order valence-corrected chi connectivity index (χ0v) is 7.02. The van der Waals surface area contributed by atoms with E-state index in [0.717, 1.165) is 0 Å². The highest BCUT2D eigenvalue weighted by atomic mass is 79.9. The van der Waals surface area contributed by atoms with Crippen LogP contribution in [0, 0.1) is 5.82 Å². The zero-order chi connectivity index (χ0) is 7.84. The molecule has 0 aromatic heterocycles. The first kappa shape index (κ1) is 6.91. The lowest BCUT2D eigenvalue weighted by Crippen LogP contribution is -1.92. The molecule has 0 bridgehead atoms. The first-order valence-electron chi connectivity index (χ1n) is 3.02. The van der Waals surface area contributed by atoms with Crippen molar-refractivity contribution in [2.45, 2.75) is 0 Å². The van der Waals surface area contributed by atoms with Gasteiger partial charge in [-0.25, -0.2) is 4.39 Å². The lowest BCUT2D eigenvalue weighted by Gasteiger charge is -1.96. The van der Waals surface area contributed by atoms with Gasteiger partial charge in [0, 0.05) is 12.1 Å². The lowest BCUT2D eigenvalue weighted by molar-refractivity contribution is 0.174. The van der Waals surface area contributed by atoms with Crippen molar-refractivity contribution >= 4 is 15.9 Å². The van der Waals surface area contributed by atoms with E-state index >= 15 is 0 Å². The van der Waals surface area contributed by atoms with Gasteiger partial charge in [0.25, 0.3) is 0 Å². The Morgan fingerprint density at radius 3 is 2.64 bits per heavy atom. The van der Waals surface area contributed by atoms with E-state index in [2.05, 4.69) is 15.9 Å². The van der Waals surface area contributed by atoms with Crippen LogP contribution in [0.25, 0.3) is 0 Å². The average Bonchev–Trinajstić information content (AvgIpc) is 2.36. The number of halogens is 2. The van der Waals surface area contributed by atoms with E-state index in [1.165, 1.54) is 6.07 Å².